The maximum absolute atomic E-state index is 12.2. The van der Waals surface area contributed by atoms with Gasteiger partial charge in [-0.15, -0.1) is 0 Å². The Morgan fingerprint density at radius 3 is 2.44 bits per heavy atom. The molecule has 0 spiro atoms. The van der Waals surface area contributed by atoms with Crippen molar-refractivity contribution in [2.24, 2.45) is 0 Å². The lowest BCUT2D eigenvalue weighted by atomic mass is 10.0. The van der Waals surface area contributed by atoms with E-state index in [4.69, 9.17) is 4.74 Å². The summed E-state index contributed by atoms with van der Waals surface area (Å²) in [6, 6.07) is 17.0. The van der Waals surface area contributed by atoms with Crippen molar-refractivity contribution in [1.82, 2.24) is 0 Å². The van der Waals surface area contributed by atoms with Crippen molar-refractivity contribution in [2.45, 2.75) is 6.61 Å². The molecule has 0 aromatic heterocycles. The van der Waals surface area contributed by atoms with E-state index in [2.05, 4.69) is 0 Å². The molecule has 2 aromatic carbocycles. The molecule has 2 rings (SSSR count). The normalized spacial score (nSPS) is 10.4. The van der Waals surface area contributed by atoms with Crippen LogP contribution in [0.1, 0.15) is 21.5 Å². The summed E-state index contributed by atoms with van der Waals surface area (Å²) >= 11 is 0. The van der Waals surface area contributed by atoms with E-state index in [1.807, 2.05) is 54.6 Å². The molecular formula is C15H16O2Si. The first-order chi connectivity index (χ1) is 8.81. The van der Waals surface area contributed by atoms with Gasteiger partial charge < -0.3 is 4.74 Å². The first-order valence-corrected chi connectivity index (χ1v) is 7.49. The summed E-state index contributed by atoms with van der Waals surface area (Å²) in [6.45, 7) is 0.583. The van der Waals surface area contributed by atoms with E-state index in [1.165, 1.54) is 0 Å². The van der Waals surface area contributed by atoms with Crippen LogP contribution in [0, 0.1) is 0 Å². The van der Waals surface area contributed by atoms with Gasteiger partial charge in [-0.25, -0.2) is 0 Å². The van der Waals surface area contributed by atoms with Gasteiger partial charge in [0.05, 0.1) is 6.61 Å². The van der Waals surface area contributed by atoms with Crippen LogP contribution in [-0.2, 0) is 11.3 Å². The number of benzene rings is 2. The number of hydrogen-bond donors (Lipinski definition) is 0. The van der Waals surface area contributed by atoms with Crippen molar-refractivity contribution in [3.05, 3.63) is 71.3 Å². The highest BCUT2D eigenvalue weighted by atomic mass is 28.1. The molecule has 0 atom stereocenters. The van der Waals surface area contributed by atoms with Crippen LogP contribution in [0.3, 0.4) is 0 Å². The molecule has 0 aliphatic heterocycles. The predicted octanol–water partition coefficient (Wildman–Crippen LogP) is 1.76. The van der Waals surface area contributed by atoms with Crippen LogP contribution in [-0.4, -0.2) is 22.3 Å². The molecule has 0 radical (unpaired) electrons. The highest BCUT2D eigenvalue weighted by molar-refractivity contribution is 6.09. The SMILES string of the molecule is O=C(c1ccccc1)c1cccc(COC[SiH3])c1. The van der Waals surface area contributed by atoms with Gasteiger partial charge >= 0.3 is 0 Å². The standard InChI is InChI=1S/C15H16O2Si/c16-15(13-6-2-1-3-7-13)14-8-4-5-12(9-14)10-17-11-18/h1-9H,10-11H2,18H3. The van der Waals surface area contributed by atoms with Gasteiger partial charge in [0.15, 0.2) is 5.78 Å². The van der Waals surface area contributed by atoms with E-state index in [1.54, 1.807) is 0 Å². The number of ether oxygens (including phenoxy) is 1. The molecule has 18 heavy (non-hydrogen) atoms. The lowest BCUT2D eigenvalue weighted by molar-refractivity contribution is 0.103. The van der Waals surface area contributed by atoms with E-state index in [0.29, 0.717) is 6.61 Å². The van der Waals surface area contributed by atoms with E-state index in [-0.39, 0.29) is 5.78 Å². The Hall–Kier alpha value is -1.71. The Bertz CT molecular complexity index is 523. The third kappa shape index (κ3) is 3.15. The average molecular weight is 256 g/mol. The third-order valence-corrected chi connectivity index (χ3v) is 3.11. The van der Waals surface area contributed by atoms with E-state index in [0.717, 1.165) is 33.2 Å². The fourth-order valence-electron chi connectivity index (χ4n) is 1.78. The van der Waals surface area contributed by atoms with Crippen LogP contribution in [0.5, 0.6) is 0 Å². The fourth-order valence-corrected chi connectivity index (χ4v) is 1.98. The zero-order valence-electron chi connectivity index (χ0n) is 10.4. The summed E-state index contributed by atoms with van der Waals surface area (Å²) in [6.07, 6.45) is 0.816. The molecule has 2 nitrogen and oxygen atoms in total. The topological polar surface area (TPSA) is 26.3 Å². The monoisotopic (exact) mass is 256 g/mol. The summed E-state index contributed by atoms with van der Waals surface area (Å²) in [5.74, 6) is 0.0586. The average Bonchev–Trinajstić information content (AvgIpc) is 2.45. The lowest BCUT2D eigenvalue weighted by Gasteiger charge is -2.05. The van der Waals surface area contributed by atoms with Gasteiger partial charge in [0.1, 0.15) is 0 Å². The summed E-state index contributed by atoms with van der Waals surface area (Å²) in [5, 5.41) is 0. The second-order valence-electron chi connectivity index (χ2n) is 4.03. The molecule has 0 fully saturated rings. The number of ketones is 1. The largest absolute Gasteiger partial charge is 0.381 e. The molecule has 2 aromatic rings. The third-order valence-electron chi connectivity index (χ3n) is 2.70. The number of hydrogen-bond acceptors (Lipinski definition) is 2. The molecule has 0 amide bonds. The highest BCUT2D eigenvalue weighted by Crippen LogP contribution is 2.12. The summed E-state index contributed by atoms with van der Waals surface area (Å²) < 4.78 is 5.41. The van der Waals surface area contributed by atoms with Gasteiger partial charge in [-0.05, 0) is 11.6 Å². The molecular weight excluding hydrogens is 240 g/mol. The van der Waals surface area contributed by atoms with Gasteiger partial charge in [0.25, 0.3) is 0 Å². The maximum atomic E-state index is 12.2. The van der Waals surface area contributed by atoms with E-state index < -0.39 is 0 Å². The summed E-state index contributed by atoms with van der Waals surface area (Å²) in [4.78, 5) is 12.2. The molecule has 0 saturated carbocycles. The summed E-state index contributed by atoms with van der Waals surface area (Å²) in [5.41, 5.74) is 2.49. The Balaban J connectivity index is 2.20. The first-order valence-electron chi connectivity index (χ1n) is 6.07. The minimum atomic E-state index is 0.0586. The molecule has 0 unspecified atom stereocenters. The molecule has 0 aliphatic carbocycles. The summed E-state index contributed by atoms with van der Waals surface area (Å²) in [7, 11) is 1.04. The van der Waals surface area contributed by atoms with E-state index >= 15 is 0 Å². The minimum absolute atomic E-state index is 0.0586. The Morgan fingerprint density at radius 1 is 1.00 bits per heavy atom. The van der Waals surface area contributed by atoms with Crippen molar-refractivity contribution < 1.29 is 9.53 Å². The maximum Gasteiger partial charge on any atom is 0.193 e. The number of carbonyl (C=O) groups excluding carboxylic acids is 1. The molecule has 0 heterocycles. The zero-order chi connectivity index (χ0) is 12.8. The fraction of sp³-hybridized carbons (Fsp3) is 0.133. The smallest absolute Gasteiger partial charge is 0.193 e. The van der Waals surface area contributed by atoms with Gasteiger partial charge in [0.2, 0.25) is 0 Å². The predicted molar refractivity (Wildman–Crippen MR) is 75.9 cm³/mol. The quantitative estimate of drug-likeness (QED) is 0.602. The van der Waals surface area contributed by atoms with Crippen molar-refractivity contribution >= 4 is 16.0 Å². The van der Waals surface area contributed by atoms with Gasteiger partial charge in [-0.3, -0.25) is 4.79 Å². The van der Waals surface area contributed by atoms with Gasteiger partial charge in [-0.2, -0.15) is 0 Å². The number of carbonyl (C=O) groups is 1. The molecule has 0 bridgehead atoms. The molecule has 0 saturated heterocycles. The van der Waals surface area contributed by atoms with Crippen molar-refractivity contribution in [3.8, 4) is 0 Å². The molecule has 92 valence electrons. The van der Waals surface area contributed by atoms with Crippen molar-refractivity contribution in [3.63, 3.8) is 0 Å². The van der Waals surface area contributed by atoms with Crippen LogP contribution in [0.2, 0.25) is 0 Å². The molecule has 0 N–H and O–H groups in total. The van der Waals surface area contributed by atoms with E-state index in [9.17, 15) is 4.79 Å². The second-order valence-corrected chi connectivity index (χ2v) is 4.61. The van der Waals surface area contributed by atoms with Crippen LogP contribution in [0.15, 0.2) is 54.6 Å². The van der Waals surface area contributed by atoms with Gasteiger partial charge in [-0.1, -0.05) is 48.5 Å². The molecule has 3 heteroatoms. The Morgan fingerprint density at radius 2 is 1.72 bits per heavy atom. The van der Waals surface area contributed by atoms with Crippen molar-refractivity contribution in [1.29, 1.82) is 0 Å². The molecule has 0 aliphatic rings. The van der Waals surface area contributed by atoms with Gasteiger partial charge in [0, 0.05) is 27.6 Å². The van der Waals surface area contributed by atoms with Crippen LogP contribution < -0.4 is 0 Å². The number of rotatable bonds is 5. The Kier molecular flexibility index (Phi) is 4.44. The second kappa shape index (κ2) is 6.28. The van der Waals surface area contributed by atoms with Crippen LogP contribution in [0.4, 0.5) is 0 Å². The van der Waals surface area contributed by atoms with Crippen LogP contribution in [0.25, 0.3) is 0 Å². The highest BCUT2D eigenvalue weighted by Gasteiger charge is 2.08. The Labute approximate surface area is 110 Å². The first kappa shape index (κ1) is 12.7. The van der Waals surface area contributed by atoms with Crippen LogP contribution >= 0.6 is 0 Å². The lowest BCUT2D eigenvalue weighted by Crippen LogP contribution is -2.02. The van der Waals surface area contributed by atoms with Crippen molar-refractivity contribution in [2.75, 3.05) is 6.23 Å². The minimum Gasteiger partial charge on any atom is -0.381 e. The zero-order valence-corrected chi connectivity index (χ0v) is 12.4.